The molecule has 0 bridgehead atoms. The molecule has 2 aromatic rings. The summed E-state index contributed by atoms with van der Waals surface area (Å²) in [6, 6.07) is 7.40. The first kappa shape index (κ1) is 11.2. The minimum atomic E-state index is 0.296. The highest BCUT2D eigenvalue weighted by atomic mass is 31.1. The van der Waals surface area contributed by atoms with Gasteiger partial charge in [-0.15, -0.1) is 0 Å². The van der Waals surface area contributed by atoms with Gasteiger partial charge in [0, 0.05) is 21.6 Å². The smallest absolute Gasteiger partial charge is 0.131 e. The Hall–Kier alpha value is -1.27. The van der Waals surface area contributed by atoms with Crippen molar-refractivity contribution < 1.29 is 10.2 Å². The third-order valence-electron chi connectivity index (χ3n) is 2.76. The summed E-state index contributed by atoms with van der Waals surface area (Å²) in [6.07, 6.45) is 0.978. The average Bonchev–Trinajstić information content (AvgIpc) is 2.32. The van der Waals surface area contributed by atoms with Crippen LogP contribution in [0, 0.1) is 6.92 Å². The van der Waals surface area contributed by atoms with E-state index in [2.05, 4.69) is 6.92 Å². The first-order valence-electron chi connectivity index (χ1n) is 5.34. The summed E-state index contributed by atoms with van der Waals surface area (Å²) in [4.78, 5) is 0. The van der Waals surface area contributed by atoms with E-state index < -0.39 is 0 Å². The van der Waals surface area contributed by atoms with Crippen LogP contribution in [0.3, 0.4) is 0 Å². The van der Waals surface area contributed by atoms with Crippen molar-refractivity contribution in [2.45, 2.75) is 13.8 Å². The van der Waals surface area contributed by atoms with Crippen LogP contribution in [0.5, 0.6) is 11.5 Å². The van der Waals surface area contributed by atoms with Gasteiger partial charge in [0.1, 0.15) is 11.5 Å². The number of hydrogen-bond acceptors (Lipinski definition) is 2. The third kappa shape index (κ3) is 1.64. The number of aromatic hydroxyl groups is 2. The summed E-state index contributed by atoms with van der Waals surface area (Å²) in [5.41, 5.74) is 0.802. The minimum absolute atomic E-state index is 0.296. The van der Waals surface area contributed by atoms with E-state index in [-0.39, 0.29) is 0 Å². The molecule has 2 N–H and O–H groups in total. The van der Waals surface area contributed by atoms with Gasteiger partial charge in [0.15, 0.2) is 0 Å². The summed E-state index contributed by atoms with van der Waals surface area (Å²) >= 11 is 0. The van der Waals surface area contributed by atoms with Crippen molar-refractivity contribution in [3.05, 3.63) is 29.8 Å². The quantitative estimate of drug-likeness (QED) is 0.619. The lowest BCUT2D eigenvalue weighted by Gasteiger charge is -2.13. The van der Waals surface area contributed by atoms with E-state index in [1.807, 2.05) is 31.2 Å². The van der Waals surface area contributed by atoms with Gasteiger partial charge in [-0.2, -0.15) is 0 Å². The van der Waals surface area contributed by atoms with Crippen LogP contribution in [0.4, 0.5) is 0 Å². The zero-order chi connectivity index (χ0) is 11.7. The van der Waals surface area contributed by atoms with Gasteiger partial charge in [0.05, 0.1) is 0 Å². The molecule has 0 spiro atoms. The standard InChI is InChI=1S/C13H15O2P/c1-3-16-13-8(2)11(14)9-6-4-5-7-10(9)12(13)15/h4-7,14-16H,3H2,1-2H3. The molecule has 2 nitrogen and oxygen atoms in total. The second kappa shape index (κ2) is 4.31. The Bertz CT molecular complexity index is 535. The molecular weight excluding hydrogens is 219 g/mol. The Labute approximate surface area is 96.7 Å². The zero-order valence-corrected chi connectivity index (χ0v) is 10.4. The second-order valence-corrected chi connectivity index (χ2v) is 5.33. The molecular formula is C13H15O2P. The SMILES string of the molecule is CCPc1c(C)c(O)c2ccccc2c1O. The Kier molecular flexibility index (Phi) is 3.02. The average molecular weight is 234 g/mol. The molecule has 2 aromatic carbocycles. The molecule has 84 valence electrons. The van der Waals surface area contributed by atoms with Crippen LogP contribution >= 0.6 is 8.58 Å². The Morgan fingerprint density at radius 2 is 1.62 bits per heavy atom. The first-order valence-corrected chi connectivity index (χ1v) is 6.54. The van der Waals surface area contributed by atoms with Crippen LogP contribution in [0.1, 0.15) is 12.5 Å². The summed E-state index contributed by atoms with van der Waals surface area (Å²) in [5.74, 6) is 0.621. The molecule has 0 saturated carbocycles. The lowest BCUT2D eigenvalue weighted by atomic mass is 10.0. The second-order valence-electron chi connectivity index (χ2n) is 3.77. The van der Waals surface area contributed by atoms with Gasteiger partial charge in [0.25, 0.3) is 0 Å². The van der Waals surface area contributed by atoms with Gasteiger partial charge >= 0.3 is 0 Å². The molecule has 3 heteroatoms. The van der Waals surface area contributed by atoms with Crippen molar-refractivity contribution in [2.24, 2.45) is 0 Å². The maximum absolute atomic E-state index is 10.2. The van der Waals surface area contributed by atoms with Crippen LogP contribution in [-0.2, 0) is 0 Å². The Morgan fingerprint density at radius 1 is 1.06 bits per heavy atom. The van der Waals surface area contributed by atoms with E-state index in [1.54, 1.807) is 0 Å². The lowest BCUT2D eigenvalue weighted by molar-refractivity contribution is 0.469. The van der Waals surface area contributed by atoms with E-state index >= 15 is 0 Å². The third-order valence-corrected chi connectivity index (χ3v) is 4.08. The molecule has 0 fully saturated rings. The first-order chi connectivity index (χ1) is 7.66. The highest BCUT2D eigenvalue weighted by molar-refractivity contribution is 7.47. The highest BCUT2D eigenvalue weighted by Crippen LogP contribution is 2.36. The summed E-state index contributed by atoms with van der Waals surface area (Å²) in [5, 5.41) is 22.6. The van der Waals surface area contributed by atoms with Gasteiger partial charge in [-0.1, -0.05) is 39.8 Å². The molecule has 0 aliphatic carbocycles. The molecule has 0 aromatic heterocycles. The summed E-state index contributed by atoms with van der Waals surface area (Å²) in [6.45, 7) is 3.93. The van der Waals surface area contributed by atoms with Crippen molar-refractivity contribution in [1.29, 1.82) is 0 Å². The molecule has 1 atom stereocenters. The number of benzene rings is 2. The normalized spacial score (nSPS) is 11.6. The van der Waals surface area contributed by atoms with Crippen molar-refractivity contribution in [2.75, 3.05) is 6.16 Å². The minimum Gasteiger partial charge on any atom is -0.507 e. The summed E-state index contributed by atoms with van der Waals surface area (Å²) in [7, 11) is 0.535. The van der Waals surface area contributed by atoms with E-state index in [4.69, 9.17) is 0 Å². The predicted molar refractivity (Wildman–Crippen MR) is 70.5 cm³/mol. The number of rotatable bonds is 2. The van der Waals surface area contributed by atoms with Gasteiger partial charge in [-0.25, -0.2) is 0 Å². The molecule has 0 aliphatic rings. The van der Waals surface area contributed by atoms with Crippen LogP contribution in [-0.4, -0.2) is 16.4 Å². The molecule has 0 amide bonds. The van der Waals surface area contributed by atoms with E-state index in [1.165, 1.54) is 0 Å². The van der Waals surface area contributed by atoms with Crippen LogP contribution in [0.2, 0.25) is 0 Å². The fourth-order valence-electron chi connectivity index (χ4n) is 1.92. The fourth-order valence-corrected chi connectivity index (χ4v) is 2.96. The number of phenols is 2. The largest absolute Gasteiger partial charge is 0.507 e. The molecule has 0 saturated heterocycles. The lowest BCUT2D eigenvalue weighted by Crippen LogP contribution is -2.03. The number of hydrogen-bond donors (Lipinski definition) is 2. The molecule has 1 unspecified atom stereocenters. The Balaban J connectivity index is 2.83. The van der Waals surface area contributed by atoms with Crippen molar-refractivity contribution in [3.63, 3.8) is 0 Å². The van der Waals surface area contributed by atoms with Crippen LogP contribution in [0.15, 0.2) is 24.3 Å². The van der Waals surface area contributed by atoms with Crippen LogP contribution in [0.25, 0.3) is 10.8 Å². The Morgan fingerprint density at radius 3 is 2.19 bits per heavy atom. The van der Waals surface area contributed by atoms with Gasteiger partial charge in [0.2, 0.25) is 0 Å². The zero-order valence-electron chi connectivity index (χ0n) is 9.41. The van der Waals surface area contributed by atoms with Gasteiger partial charge in [-0.3, -0.25) is 0 Å². The van der Waals surface area contributed by atoms with Crippen molar-refractivity contribution >= 4 is 24.7 Å². The van der Waals surface area contributed by atoms with E-state index in [0.29, 0.717) is 20.1 Å². The van der Waals surface area contributed by atoms with E-state index in [0.717, 1.165) is 27.8 Å². The number of fused-ring (bicyclic) bond motifs is 1. The molecule has 0 heterocycles. The molecule has 0 aliphatic heterocycles. The molecule has 2 rings (SSSR count). The predicted octanol–water partition coefficient (Wildman–Crippen LogP) is 2.88. The maximum atomic E-state index is 10.2. The topological polar surface area (TPSA) is 40.5 Å². The monoisotopic (exact) mass is 234 g/mol. The maximum Gasteiger partial charge on any atom is 0.131 e. The van der Waals surface area contributed by atoms with Crippen LogP contribution < -0.4 is 5.30 Å². The number of phenolic OH excluding ortho intramolecular Hbond substituents is 2. The summed E-state index contributed by atoms with van der Waals surface area (Å²) < 4.78 is 0. The molecule has 0 radical (unpaired) electrons. The van der Waals surface area contributed by atoms with Crippen molar-refractivity contribution in [1.82, 2.24) is 0 Å². The highest BCUT2D eigenvalue weighted by Gasteiger charge is 2.14. The van der Waals surface area contributed by atoms with Gasteiger partial charge in [-0.05, 0) is 13.1 Å². The van der Waals surface area contributed by atoms with Crippen molar-refractivity contribution in [3.8, 4) is 11.5 Å². The fraction of sp³-hybridized carbons (Fsp3) is 0.231. The molecule has 16 heavy (non-hydrogen) atoms. The van der Waals surface area contributed by atoms with Gasteiger partial charge < -0.3 is 10.2 Å². The van der Waals surface area contributed by atoms with E-state index in [9.17, 15) is 10.2 Å².